The van der Waals surface area contributed by atoms with E-state index in [2.05, 4.69) is 61.0 Å². The fraction of sp³-hybridized carbons (Fsp3) is 0.211. The Balaban J connectivity index is 0.00000156. The maximum atomic E-state index is 5.40. The zero-order valence-corrected chi connectivity index (χ0v) is 14.5. The molecule has 0 aliphatic heterocycles. The molecule has 0 bridgehead atoms. The van der Waals surface area contributed by atoms with Gasteiger partial charge in [-0.2, -0.15) is 0 Å². The average molecular weight is 327 g/mol. The topological polar surface area (TPSA) is 28.9 Å². The molecule has 4 rings (SSSR count). The van der Waals surface area contributed by atoms with E-state index in [1.165, 1.54) is 38.2 Å². The van der Waals surface area contributed by atoms with Crippen molar-refractivity contribution in [3.8, 4) is 5.75 Å². The van der Waals surface area contributed by atoms with Crippen LogP contribution in [0.2, 0.25) is 0 Å². The van der Waals surface area contributed by atoms with Crippen LogP contribution in [0.3, 0.4) is 0 Å². The lowest BCUT2D eigenvalue weighted by atomic mass is 9.97. The average Bonchev–Trinajstić information content (AvgIpc) is 2.91. The third-order valence-corrected chi connectivity index (χ3v) is 4.66. The molecule has 0 aliphatic carbocycles. The van der Waals surface area contributed by atoms with E-state index in [0.717, 1.165) is 11.3 Å². The van der Waals surface area contributed by atoms with E-state index in [0.29, 0.717) is 0 Å². The van der Waals surface area contributed by atoms with Gasteiger partial charge in [0, 0.05) is 27.7 Å². The monoisotopic (exact) mass is 326 g/mol. The number of aromatic nitrogens is 2. The maximum absolute atomic E-state index is 5.40. The molecule has 23 heavy (non-hydrogen) atoms. The molecule has 0 spiro atoms. The van der Waals surface area contributed by atoms with Crippen LogP contribution in [0, 0.1) is 13.8 Å². The molecule has 0 radical (unpaired) electrons. The first-order valence-electron chi connectivity index (χ1n) is 7.47. The molecule has 3 nitrogen and oxygen atoms in total. The Morgan fingerprint density at radius 3 is 2.52 bits per heavy atom. The number of nitrogens with zero attached hydrogens (tertiary/aromatic N) is 1. The molecular weight excluding hydrogens is 308 g/mol. The van der Waals surface area contributed by atoms with Crippen molar-refractivity contribution in [2.75, 3.05) is 7.11 Å². The fourth-order valence-corrected chi connectivity index (χ4v) is 3.46. The summed E-state index contributed by atoms with van der Waals surface area (Å²) in [7, 11) is 3.78. The lowest BCUT2D eigenvalue weighted by Gasteiger charge is -2.07. The first kappa shape index (κ1) is 15.6. The van der Waals surface area contributed by atoms with Gasteiger partial charge in [0.05, 0.1) is 12.6 Å². The summed E-state index contributed by atoms with van der Waals surface area (Å²) in [6, 6.07) is 8.42. The molecule has 1 N–H and O–H groups in total. The number of halogens is 1. The van der Waals surface area contributed by atoms with Crippen molar-refractivity contribution in [1.82, 2.24) is 4.98 Å². The zero-order chi connectivity index (χ0) is 15.4. The largest absolute Gasteiger partial charge is 1.00 e. The summed E-state index contributed by atoms with van der Waals surface area (Å²) in [5.41, 5.74) is 4.99. The number of methoxy groups -OCH3 is 1. The van der Waals surface area contributed by atoms with Crippen LogP contribution in [0.25, 0.3) is 32.6 Å². The van der Waals surface area contributed by atoms with Gasteiger partial charge in [-0.15, -0.1) is 0 Å². The predicted octanol–water partition coefficient (Wildman–Crippen LogP) is 0.928. The molecule has 0 saturated heterocycles. The number of nitrogens with one attached hydrogen (secondary N) is 1. The Labute approximate surface area is 141 Å². The van der Waals surface area contributed by atoms with Crippen LogP contribution in [-0.2, 0) is 7.05 Å². The van der Waals surface area contributed by atoms with Gasteiger partial charge in [0.1, 0.15) is 12.8 Å². The van der Waals surface area contributed by atoms with Gasteiger partial charge in [-0.3, -0.25) is 0 Å². The Kier molecular flexibility index (Phi) is 3.69. The Morgan fingerprint density at radius 2 is 1.78 bits per heavy atom. The smallest absolute Gasteiger partial charge is 0.176 e. The molecule has 2 aromatic carbocycles. The van der Waals surface area contributed by atoms with E-state index < -0.39 is 0 Å². The number of pyridine rings is 1. The van der Waals surface area contributed by atoms with Gasteiger partial charge in [0.2, 0.25) is 0 Å². The number of aryl methyl sites for hydroxylation is 3. The number of rotatable bonds is 1. The lowest BCUT2D eigenvalue weighted by Crippen LogP contribution is -3.00. The normalized spacial score (nSPS) is 11.1. The third kappa shape index (κ3) is 2.15. The molecule has 0 atom stereocenters. The highest BCUT2D eigenvalue weighted by Gasteiger charge is 2.16. The van der Waals surface area contributed by atoms with Crippen molar-refractivity contribution in [3.05, 3.63) is 47.8 Å². The summed E-state index contributed by atoms with van der Waals surface area (Å²) in [5, 5.41) is 5.13. The zero-order valence-electron chi connectivity index (χ0n) is 13.7. The Hall–Kier alpha value is -2.26. The summed E-state index contributed by atoms with van der Waals surface area (Å²) in [5.74, 6) is 0.893. The van der Waals surface area contributed by atoms with E-state index in [4.69, 9.17) is 4.74 Å². The predicted molar refractivity (Wildman–Crippen MR) is 90.5 cm³/mol. The molecule has 0 unspecified atom stereocenters. The van der Waals surface area contributed by atoms with Gasteiger partial charge < -0.3 is 22.1 Å². The van der Waals surface area contributed by atoms with Gasteiger partial charge in [-0.25, -0.2) is 4.57 Å². The van der Waals surface area contributed by atoms with Crippen LogP contribution in [0.15, 0.2) is 36.7 Å². The summed E-state index contributed by atoms with van der Waals surface area (Å²) >= 11 is 0. The minimum Gasteiger partial charge on any atom is -1.00 e. The van der Waals surface area contributed by atoms with Crippen LogP contribution in [0.1, 0.15) is 11.1 Å². The van der Waals surface area contributed by atoms with Crippen LogP contribution in [-0.4, -0.2) is 12.1 Å². The van der Waals surface area contributed by atoms with Crippen molar-refractivity contribution in [3.63, 3.8) is 0 Å². The van der Waals surface area contributed by atoms with E-state index in [9.17, 15) is 0 Å². The molecule has 0 fully saturated rings. The third-order valence-electron chi connectivity index (χ3n) is 4.66. The van der Waals surface area contributed by atoms with Gasteiger partial charge >= 0.3 is 0 Å². The SMILES string of the molecule is COc1ccc2[nH]c3c(C)c4cc[n+](C)cc4c(C)c3c2c1.[Cl-]. The number of H-pyrrole nitrogens is 1. The molecule has 118 valence electrons. The standard InChI is InChI=1S/C19H18N2O.ClH/c1-11-16-10-21(3)8-7-14(16)12(2)19-18(11)15-9-13(22-4)5-6-17(15)20-19;/h5-10H,1-4H3;1H. The van der Waals surface area contributed by atoms with Crippen LogP contribution in [0.5, 0.6) is 5.75 Å². The molecule has 0 saturated carbocycles. The molecule has 2 heterocycles. The van der Waals surface area contributed by atoms with Gasteiger partial charge in [0.25, 0.3) is 0 Å². The van der Waals surface area contributed by atoms with Gasteiger partial charge in [-0.1, -0.05) is 0 Å². The highest BCUT2D eigenvalue weighted by Crippen LogP contribution is 2.37. The number of ether oxygens (including phenoxy) is 1. The molecule has 4 heteroatoms. The maximum Gasteiger partial charge on any atom is 0.176 e. The van der Waals surface area contributed by atoms with Crippen LogP contribution >= 0.6 is 0 Å². The van der Waals surface area contributed by atoms with E-state index in [-0.39, 0.29) is 12.4 Å². The Bertz CT molecular complexity index is 1050. The second-order valence-corrected chi connectivity index (χ2v) is 5.97. The summed E-state index contributed by atoms with van der Waals surface area (Å²) < 4.78 is 7.51. The molecule has 4 aromatic rings. The molecule has 0 aliphatic rings. The van der Waals surface area contributed by atoms with Gasteiger partial charge in [0.15, 0.2) is 12.4 Å². The highest BCUT2D eigenvalue weighted by molar-refractivity contribution is 6.16. The first-order chi connectivity index (χ1) is 10.6. The number of hydrogen-bond acceptors (Lipinski definition) is 1. The minimum atomic E-state index is 0. The summed E-state index contributed by atoms with van der Waals surface area (Å²) in [6.07, 6.45) is 4.31. The first-order valence-corrected chi connectivity index (χ1v) is 7.47. The van der Waals surface area contributed by atoms with Crippen molar-refractivity contribution in [2.24, 2.45) is 7.05 Å². The van der Waals surface area contributed by atoms with Crippen LogP contribution < -0.4 is 21.7 Å². The molecule has 0 amide bonds. The number of benzene rings is 2. The summed E-state index contributed by atoms with van der Waals surface area (Å²) in [6.45, 7) is 4.40. The molecular formula is C19H19ClN2O. The minimum absolute atomic E-state index is 0. The van der Waals surface area contributed by atoms with E-state index in [1.54, 1.807) is 7.11 Å². The van der Waals surface area contributed by atoms with Crippen LogP contribution in [0.4, 0.5) is 0 Å². The fourth-order valence-electron chi connectivity index (χ4n) is 3.46. The highest BCUT2D eigenvalue weighted by atomic mass is 35.5. The number of hydrogen-bond donors (Lipinski definition) is 1. The quantitative estimate of drug-likeness (QED) is 0.518. The summed E-state index contributed by atoms with van der Waals surface area (Å²) in [4.78, 5) is 3.58. The number of aromatic amines is 1. The van der Waals surface area contributed by atoms with Gasteiger partial charge in [-0.05, 0) is 48.6 Å². The van der Waals surface area contributed by atoms with Crippen molar-refractivity contribution in [1.29, 1.82) is 0 Å². The van der Waals surface area contributed by atoms with Crippen molar-refractivity contribution < 1.29 is 21.7 Å². The van der Waals surface area contributed by atoms with Crippen molar-refractivity contribution >= 4 is 32.6 Å². The number of fused-ring (bicyclic) bond motifs is 4. The van der Waals surface area contributed by atoms with E-state index >= 15 is 0 Å². The molecule has 2 aromatic heterocycles. The lowest BCUT2D eigenvalue weighted by molar-refractivity contribution is -0.670. The second kappa shape index (κ2) is 5.43. The van der Waals surface area contributed by atoms with E-state index in [1.807, 2.05) is 6.07 Å². The second-order valence-electron chi connectivity index (χ2n) is 5.97. The van der Waals surface area contributed by atoms with Crippen molar-refractivity contribution in [2.45, 2.75) is 13.8 Å². The Morgan fingerprint density at radius 1 is 1.00 bits per heavy atom.